The van der Waals surface area contributed by atoms with Gasteiger partial charge in [0.05, 0.1) is 23.4 Å². The molecule has 2 aromatic heterocycles. The maximum Gasteiger partial charge on any atom is 0.173 e. The van der Waals surface area contributed by atoms with E-state index in [1.807, 2.05) is 42.7 Å². The molecule has 0 aliphatic rings. The number of hydrogen-bond donors (Lipinski definition) is 1. The number of H-pyrrole nitrogens is 1. The summed E-state index contributed by atoms with van der Waals surface area (Å²) in [6, 6.07) is 18.4. The first-order valence-corrected chi connectivity index (χ1v) is 7.68. The lowest BCUT2D eigenvalue weighted by atomic mass is 10.1. The Morgan fingerprint density at radius 1 is 1.04 bits per heavy atom. The Morgan fingerprint density at radius 3 is 2.70 bits per heavy atom. The lowest BCUT2D eigenvalue weighted by Gasteiger charge is -2.10. The maximum atomic E-state index is 4.65. The minimum atomic E-state index is 0.0307. The van der Waals surface area contributed by atoms with Gasteiger partial charge in [0.2, 0.25) is 0 Å². The molecule has 0 saturated carbocycles. The molecule has 0 aliphatic heterocycles. The third kappa shape index (κ3) is 2.61. The van der Waals surface area contributed by atoms with E-state index < -0.39 is 0 Å². The smallest absolute Gasteiger partial charge is 0.173 e. The Labute approximate surface area is 134 Å². The number of aromatic nitrogens is 5. The number of imidazole rings is 1. The zero-order valence-electron chi connectivity index (χ0n) is 12.8. The van der Waals surface area contributed by atoms with E-state index in [0.29, 0.717) is 0 Å². The van der Waals surface area contributed by atoms with Gasteiger partial charge in [-0.05, 0) is 24.6 Å². The molecular weight excluding hydrogens is 286 g/mol. The van der Waals surface area contributed by atoms with Crippen LogP contribution in [0.15, 0.2) is 60.9 Å². The Balaban J connectivity index is 1.61. The second-order valence-corrected chi connectivity index (χ2v) is 5.62. The molecule has 4 aromatic rings. The number of aromatic amines is 1. The van der Waals surface area contributed by atoms with Crippen LogP contribution in [0.4, 0.5) is 0 Å². The molecule has 1 atom stereocenters. The van der Waals surface area contributed by atoms with Crippen molar-refractivity contribution >= 4 is 11.0 Å². The minimum Gasteiger partial charge on any atom is -0.320 e. The van der Waals surface area contributed by atoms with Crippen molar-refractivity contribution in [3.63, 3.8) is 0 Å². The molecule has 0 saturated heterocycles. The van der Waals surface area contributed by atoms with E-state index in [-0.39, 0.29) is 6.04 Å². The van der Waals surface area contributed by atoms with Gasteiger partial charge in [-0.15, -0.1) is 0 Å². The van der Waals surface area contributed by atoms with Gasteiger partial charge in [0.15, 0.2) is 5.82 Å². The fourth-order valence-electron chi connectivity index (χ4n) is 2.78. The van der Waals surface area contributed by atoms with E-state index in [1.54, 1.807) is 0 Å². The van der Waals surface area contributed by atoms with Crippen molar-refractivity contribution in [2.45, 2.75) is 19.4 Å². The fraction of sp³-hybridized carbons (Fsp3) is 0.167. The highest BCUT2D eigenvalue weighted by atomic mass is 15.2. The van der Waals surface area contributed by atoms with E-state index in [1.165, 1.54) is 5.56 Å². The van der Waals surface area contributed by atoms with Crippen LogP contribution in [0.2, 0.25) is 0 Å². The van der Waals surface area contributed by atoms with Gasteiger partial charge in [0, 0.05) is 6.42 Å². The summed E-state index contributed by atoms with van der Waals surface area (Å²) in [5.41, 5.74) is 3.30. The van der Waals surface area contributed by atoms with Crippen molar-refractivity contribution in [3.05, 3.63) is 78.1 Å². The number of nitrogens with one attached hydrogen (secondary N) is 1. The normalized spacial score (nSPS) is 12.6. The topological polar surface area (TPSA) is 59.4 Å². The fourth-order valence-corrected chi connectivity index (χ4v) is 2.78. The van der Waals surface area contributed by atoms with Gasteiger partial charge in [-0.25, -0.2) is 9.97 Å². The van der Waals surface area contributed by atoms with Crippen LogP contribution in [-0.2, 0) is 6.42 Å². The molecule has 5 nitrogen and oxygen atoms in total. The lowest BCUT2D eigenvalue weighted by molar-refractivity contribution is 0.617. The molecule has 0 radical (unpaired) electrons. The highest BCUT2D eigenvalue weighted by Gasteiger charge is 2.16. The van der Waals surface area contributed by atoms with E-state index in [9.17, 15) is 0 Å². The predicted molar refractivity (Wildman–Crippen MR) is 89.2 cm³/mol. The number of fused-ring (bicyclic) bond motifs is 1. The van der Waals surface area contributed by atoms with Gasteiger partial charge in [-0.2, -0.15) is 5.10 Å². The largest absolute Gasteiger partial charge is 0.320 e. The Hall–Kier alpha value is -2.95. The molecule has 1 N–H and O–H groups in total. The standard InChI is InChI=1S/C18H17N5/c1-13(23-12-19-15-9-5-6-10-16(15)23)18-20-17(21-22-18)11-14-7-3-2-4-8-14/h2-10,12-13H,11H2,1H3,(H,20,21,22)/t13-/m1/s1. The highest BCUT2D eigenvalue weighted by molar-refractivity contribution is 5.75. The molecule has 0 bridgehead atoms. The van der Waals surface area contributed by atoms with Crippen molar-refractivity contribution in [1.29, 1.82) is 0 Å². The van der Waals surface area contributed by atoms with Gasteiger partial charge in [0.1, 0.15) is 5.82 Å². The van der Waals surface area contributed by atoms with Crippen molar-refractivity contribution < 1.29 is 0 Å². The SMILES string of the molecule is C[C@H](c1n[nH]c(Cc2ccccc2)n1)n1cnc2ccccc21. The number of rotatable bonds is 4. The summed E-state index contributed by atoms with van der Waals surface area (Å²) >= 11 is 0. The van der Waals surface area contributed by atoms with Gasteiger partial charge in [-0.1, -0.05) is 42.5 Å². The number of benzene rings is 2. The van der Waals surface area contributed by atoms with Gasteiger partial charge >= 0.3 is 0 Å². The van der Waals surface area contributed by atoms with Crippen molar-refractivity contribution in [3.8, 4) is 0 Å². The van der Waals surface area contributed by atoms with Crippen LogP contribution in [0.3, 0.4) is 0 Å². The summed E-state index contributed by atoms with van der Waals surface area (Å²) in [5, 5.41) is 7.44. The van der Waals surface area contributed by atoms with Crippen molar-refractivity contribution in [2.24, 2.45) is 0 Å². The monoisotopic (exact) mass is 303 g/mol. The Kier molecular flexibility index (Phi) is 3.38. The zero-order valence-corrected chi connectivity index (χ0v) is 12.8. The van der Waals surface area contributed by atoms with Crippen LogP contribution in [0, 0.1) is 0 Å². The summed E-state index contributed by atoms with van der Waals surface area (Å²) in [6.07, 6.45) is 2.60. The van der Waals surface area contributed by atoms with Gasteiger partial charge < -0.3 is 4.57 Å². The Bertz CT molecular complexity index is 923. The second-order valence-electron chi connectivity index (χ2n) is 5.62. The lowest BCUT2D eigenvalue weighted by Crippen LogP contribution is -2.07. The molecular formula is C18H17N5. The van der Waals surface area contributed by atoms with Crippen LogP contribution in [0.1, 0.15) is 30.2 Å². The third-order valence-corrected chi connectivity index (χ3v) is 4.04. The molecule has 23 heavy (non-hydrogen) atoms. The molecule has 0 amide bonds. The molecule has 0 fully saturated rings. The van der Waals surface area contributed by atoms with Crippen molar-refractivity contribution in [1.82, 2.24) is 24.7 Å². The van der Waals surface area contributed by atoms with E-state index in [0.717, 1.165) is 29.1 Å². The van der Waals surface area contributed by atoms with Gasteiger partial charge in [0.25, 0.3) is 0 Å². The number of hydrogen-bond acceptors (Lipinski definition) is 3. The molecule has 0 unspecified atom stereocenters. The highest BCUT2D eigenvalue weighted by Crippen LogP contribution is 2.21. The second kappa shape index (κ2) is 5.68. The van der Waals surface area contributed by atoms with Crippen LogP contribution < -0.4 is 0 Å². The third-order valence-electron chi connectivity index (χ3n) is 4.04. The summed E-state index contributed by atoms with van der Waals surface area (Å²) in [6.45, 7) is 2.09. The summed E-state index contributed by atoms with van der Waals surface area (Å²) in [4.78, 5) is 9.09. The number of para-hydroxylation sites is 2. The summed E-state index contributed by atoms with van der Waals surface area (Å²) in [5.74, 6) is 1.65. The average molecular weight is 303 g/mol. The molecule has 114 valence electrons. The van der Waals surface area contributed by atoms with Crippen LogP contribution in [-0.4, -0.2) is 24.7 Å². The Morgan fingerprint density at radius 2 is 1.83 bits per heavy atom. The first kappa shape index (κ1) is 13.7. The molecule has 2 heterocycles. The molecule has 0 aliphatic carbocycles. The first-order valence-electron chi connectivity index (χ1n) is 7.68. The van der Waals surface area contributed by atoms with E-state index in [2.05, 4.69) is 49.9 Å². The van der Waals surface area contributed by atoms with Crippen LogP contribution >= 0.6 is 0 Å². The summed E-state index contributed by atoms with van der Waals surface area (Å²) < 4.78 is 2.10. The first-order chi connectivity index (χ1) is 11.3. The maximum absolute atomic E-state index is 4.65. The van der Waals surface area contributed by atoms with Crippen LogP contribution in [0.5, 0.6) is 0 Å². The van der Waals surface area contributed by atoms with Crippen LogP contribution in [0.25, 0.3) is 11.0 Å². The van der Waals surface area contributed by atoms with Gasteiger partial charge in [-0.3, -0.25) is 5.10 Å². The molecule has 2 aromatic carbocycles. The molecule has 0 spiro atoms. The summed E-state index contributed by atoms with van der Waals surface area (Å²) in [7, 11) is 0. The predicted octanol–water partition coefficient (Wildman–Crippen LogP) is 3.35. The van der Waals surface area contributed by atoms with E-state index in [4.69, 9.17) is 0 Å². The average Bonchev–Trinajstić information content (AvgIpc) is 3.22. The van der Waals surface area contributed by atoms with E-state index >= 15 is 0 Å². The number of nitrogens with zero attached hydrogens (tertiary/aromatic N) is 4. The minimum absolute atomic E-state index is 0.0307. The molecule has 4 rings (SSSR count). The molecule has 5 heteroatoms. The van der Waals surface area contributed by atoms with Crippen molar-refractivity contribution in [2.75, 3.05) is 0 Å². The quantitative estimate of drug-likeness (QED) is 0.629. The zero-order chi connectivity index (χ0) is 15.6.